The van der Waals surface area contributed by atoms with Crippen molar-refractivity contribution < 1.29 is 0 Å². The number of hydrogen-bond donors (Lipinski definition) is 1. The van der Waals surface area contributed by atoms with E-state index in [0.29, 0.717) is 10.8 Å². The van der Waals surface area contributed by atoms with E-state index in [1.54, 1.807) is 0 Å². The Morgan fingerprint density at radius 1 is 1.35 bits per heavy atom. The van der Waals surface area contributed by atoms with Crippen LogP contribution in [0.3, 0.4) is 0 Å². The maximum absolute atomic E-state index is 4.78. The Morgan fingerprint density at radius 3 is 2.59 bits per heavy atom. The molecule has 1 spiro atoms. The molecule has 0 radical (unpaired) electrons. The quantitative estimate of drug-likeness (QED) is 0.815. The lowest BCUT2D eigenvalue weighted by atomic mass is 9.89. The second-order valence-corrected chi connectivity index (χ2v) is 7.85. The molecule has 1 atom stereocenters. The fraction of sp³-hybridized carbons (Fsp3) is 0.929. The van der Waals surface area contributed by atoms with Gasteiger partial charge in [0.05, 0.1) is 0 Å². The van der Waals surface area contributed by atoms with Gasteiger partial charge in [0.1, 0.15) is 0 Å². The minimum absolute atomic E-state index is 0.578. The second kappa shape index (κ2) is 4.18. The number of nitrogens with zero attached hydrogens (tertiary/aromatic N) is 1. The summed E-state index contributed by atoms with van der Waals surface area (Å²) in [6, 6.07) is 0. The third-order valence-corrected chi connectivity index (χ3v) is 6.26. The Balaban J connectivity index is 1.48. The fourth-order valence-electron chi connectivity index (χ4n) is 3.22. The molecule has 2 saturated carbocycles. The molecule has 0 aromatic rings. The summed E-state index contributed by atoms with van der Waals surface area (Å²) in [6.45, 7) is 6.94. The maximum atomic E-state index is 4.78. The molecule has 1 unspecified atom stereocenters. The fourth-order valence-corrected chi connectivity index (χ4v) is 4.39. The minimum atomic E-state index is 0.578. The molecule has 96 valence electrons. The summed E-state index contributed by atoms with van der Waals surface area (Å²) < 4.78 is 0. The Bertz CT molecular complexity index is 329. The lowest BCUT2D eigenvalue weighted by Gasteiger charge is -2.31. The Labute approximate surface area is 109 Å². The molecular weight excluding hydrogens is 228 g/mol. The molecule has 3 heteroatoms. The van der Waals surface area contributed by atoms with E-state index in [2.05, 4.69) is 19.2 Å². The molecule has 1 N–H and O–H groups in total. The van der Waals surface area contributed by atoms with Gasteiger partial charge < -0.3 is 5.32 Å². The molecule has 0 aromatic carbocycles. The first-order chi connectivity index (χ1) is 8.10. The van der Waals surface area contributed by atoms with Crippen molar-refractivity contribution in [2.24, 2.45) is 21.7 Å². The van der Waals surface area contributed by atoms with Gasteiger partial charge in [-0.2, -0.15) is 0 Å². The molecule has 0 amide bonds. The number of aliphatic imine (C=N–C) groups is 1. The first kappa shape index (κ1) is 11.9. The van der Waals surface area contributed by atoms with E-state index in [1.165, 1.54) is 43.0 Å². The summed E-state index contributed by atoms with van der Waals surface area (Å²) in [4.78, 5) is 4.78. The smallest absolute Gasteiger partial charge is 0.156 e. The largest absolute Gasteiger partial charge is 0.365 e. The van der Waals surface area contributed by atoms with Crippen molar-refractivity contribution in [3.8, 4) is 0 Å². The van der Waals surface area contributed by atoms with Crippen molar-refractivity contribution in [3.05, 3.63) is 0 Å². The van der Waals surface area contributed by atoms with Crippen LogP contribution in [0, 0.1) is 16.7 Å². The van der Waals surface area contributed by atoms with Crippen LogP contribution in [0.5, 0.6) is 0 Å². The van der Waals surface area contributed by atoms with Crippen LogP contribution >= 0.6 is 11.8 Å². The summed E-state index contributed by atoms with van der Waals surface area (Å²) in [7, 11) is 0. The highest BCUT2D eigenvalue weighted by Crippen LogP contribution is 2.51. The van der Waals surface area contributed by atoms with Gasteiger partial charge in [0.15, 0.2) is 5.17 Å². The molecule has 0 bridgehead atoms. The number of rotatable bonds is 2. The lowest BCUT2D eigenvalue weighted by Crippen LogP contribution is -2.34. The van der Waals surface area contributed by atoms with Crippen LogP contribution in [0.4, 0.5) is 0 Å². The van der Waals surface area contributed by atoms with Crippen LogP contribution in [0.1, 0.15) is 46.0 Å². The van der Waals surface area contributed by atoms with Crippen LogP contribution in [0.15, 0.2) is 4.99 Å². The monoisotopic (exact) mass is 252 g/mol. The van der Waals surface area contributed by atoms with Crippen molar-refractivity contribution in [1.82, 2.24) is 5.32 Å². The van der Waals surface area contributed by atoms with Crippen LogP contribution < -0.4 is 5.32 Å². The second-order valence-electron chi connectivity index (χ2n) is 6.89. The van der Waals surface area contributed by atoms with E-state index in [9.17, 15) is 0 Å². The first-order valence-corrected chi connectivity index (χ1v) is 7.99. The normalized spacial score (nSPS) is 33.5. The summed E-state index contributed by atoms with van der Waals surface area (Å²) in [5.74, 6) is 2.17. The molecule has 2 nitrogen and oxygen atoms in total. The van der Waals surface area contributed by atoms with Gasteiger partial charge in [-0.05, 0) is 36.0 Å². The van der Waals surface area contributed by atoms with E-state index in [-0.39, 0.29) is 0 Å². The van der Waals surface area contributed by atoms with Gasteiger partial charge in [0, 0.05) is 18.8 Å². The molecule has 2 fully saturated rings. The molecule has 3 aliphatic rings. The minimum Gasteiger partial charge on any atom is -0.365 e. The Hall–Kier alpha value is -0.180. The predicted molar refractivity (Wildman–Crippen MR) is 75.6 cm³/mol. The van der Waals surface area contributed by atoms with Crippen LogP contribution in [-0.2, 0) is 0 Å². The summed E-state index contributed by atoms with van der Waals surface area (Å²) >= 11 is 1.97. The molecule has 3 rings (SSSR count). The summed E-state index contributed by atoms with van der Waals surface area (Å²) in [5.41, 5.74) is 1.16. The molecular formula is C14H24N2S. The highest BCUT2D eigenvalue weighted by Gasteiger charge is 2.45. The van der Waals surface area contributed by atoms with Gasteiger partial charge in [-0.25, -0.2) is 0 Å². The van der Waals surface area contributed by atoms with Crippen molar-refractivity contribution in [2.45, 2.75) is 46.0 Å². The number of nitrogens with one attached hydrogen (secondary N) is 1. The zero-order valence-corrected chi connectivity index (χ0v) is 11.9. The lowest BCUT2D eigenvalue weighted by molar-refractivity contribution is 0.358. The number of thioether (sulfide) groups is 1. The van der Waals surface area contributed by atoms with Crippen molar-refractivity contribution >= 4 is 16.9 Å². The zero-order valence-electron chi connectivity index (χ0n) is 11.1. The predicted octanol–water partition coefficient (Wildman–Crippen LogP) is 3.29. The van der Waals surface area contributed by atoms with Gasteiger partial charge >= 0.3 is 0 Å². The molecule has 0 saturated heterocycles. The highest BCUT2D eigenvalue weighted by atomic mass is 32.2. The molecule has 1 aliphatic heterocycles. The van der Waals surface area contributed by atoms with E-state index in [0.717, 1.165) is 19.0 Å². The molecule has 0 aromatic heterocycles. The molecule has 17 heavy (non-hydrogen) atoms. The zero-order chi connectivity index (χ0) is 11.9. The van der Waals surface area contributed by atoms with Crippen LogP contribution in [-0.4, -0.2) is 24.0 Å². The average molecular weight is 252 g/mol. The van der Waals surface area contributed by atoms with Crippen molar-refractivity contribution in [2.75, 3.05) is 18.8 Å². The highest BCUT2D eigenvalue weighted by molar-refractivity contribution is 8.13. The van der Waals surface area contributed by atoms with E-state index in [4.69, 9.17) is 4.99 Å². The van der Waals surface area contributed by atoms with E-state index < -0.39 is 0 Å². The topological polar surface area (TPSA) is 24.4 Å². The van der Waals surface area contributed by atoms with Gasteiger partial charge in [-0.1, -0.05) is 38.5 Å². The average Bonchev–Trinajstić information content (AvgIpc) is 2.73. The summed E-state index contributed by atoms with van der Waals surface area (Å²) in [6.07, 6.45) is 7.05. The van der Waals surface area contributed by atoms with Gasteiger partial charge in [0.25, 0.3) is 0 Å². The SMILES string of the molecule is CC1(C)CC1CNC1=NCC2(CCCC2)CS1. The standard InChI is InChI=1S/C14H24N2S/c1-13(2)7-11(13)8-15-12-16-9-14(10-17-12)5-3-4-6-14/h11H,3-10H2,1-2H3,(H,15,16). The Kier molecular flexibility index (Phi) is 2.92. The van der Waals surface area contributed by atoms with Crippen LogP contribution in [0.2, 0.25) is 0 Å². The van der Waals surface area contributed by atoms with Crippen molar-refractivity contribution in [1.29, 1.82) is 0 Å². The summed E-state index contributed by atoms with van der Waals surface area (Å²) in [5, 5.41) is 4.77. The first-order valence-electron chi connectivity index (χ1n) is 7.01. The Morgan fingerprint density at radius 2 is 2.06 bits per heavy atom. The van der Waals surface area contributed by atoms with Gasteiger partial charge in [0.2, 0.25) is 0 Å². The molecule has 2 aliphatic carbocycles. The van der Waals surface area contributed by atoms with Crippen molar-refractivity contribution in [3.63, 3.8) is 0 Å². The van der Waals surface area contributed by atoms with E-state index in [1.807, 2.05) is 11.8 Å². The maximum Gasteiger partial charge on any atom is 0.156 e. The third kappa shape index (κ3) is 2.49. The van der Waals surface area contributed by atoms with Gasteiger partial charge in [-0.3, -0.25) is 4.99 Å². The van der Waals surface area contributed by atoms with Gasteiger partial charge in [-0.15, -0.1) is 0 Å². The van der Waals surface area contributed by atoms with Crippen LogP contribution in [0.25, 0.3) is 0 Å². The van der Waals surface area contributed by atoms with E-state index >= 15 is 0 Å². The number of amidine groups is 1. The molecule has 1 heterocycles. The third-order valence-electron chi connectivity index (χ3n) is 4.95. The number of hydrogen-bond acceptors (Lipinski definition) is 3.